The number of fused-ring (bicyclic) bond motifs is 6. The normalized spacial score (nSPS) is 11.7. The number of para-hydroxylation sites is 1. The largest absolute Gasteiger partial charge is 0.292 e. The van der Waals surface area contributed by atoms with Gasteiger partial charge < -0.3 is 0 Å². The molecule has 57 heavy (non-hydrogen) atoms. The molecule has 0 unspecified atom stereocenters. The molecule has 0 amide bonds. The molecule has 8 aromatic carbocycles. The minimum absolute atomic E-state index is 0.830. The van der Waals surface area contributed by atoms with Gasteiger partial charge in [-0.2, -0.15) is 0 Å². The predicted octanol–water partition coefficient (Wildman–Crippen LogP) is 14.4. The van der Waals surface area contributed by atoms with Crippen LogP contribution in [0.25, 0.3) is 93.9 Å². The maximum absolute atomic E-state index is 5.74. The molecule has 274 valence electrons. The number of benzene rings is 8. The van der Waals surface area contributed by atoms with Gasteiger partial charge in [0, 0.05) is 21.9 Å². The Morgan fingerprint density at radius 1 is 0.386 bits per heavy atom. The van der Waals surface area contributed by atoms with Crippen molar-refractivity contribution in [3.8, 4) is 50.6 Å². The smallest absolute Gasteiger partial charge is 0.164 e. The topological polar surface area (TPSA) is 30.7 Å². The van der Waals surface area contributed by atoms with Gasteiger partial charge in [-0.25, -0.2) is 9.97 Å². The lowest BCUT2D eigenvalue weighted by Gasteiger charge is -2.21. The van der Waals surface area contributed by atoms with E-state index in [0.29, 0.717) is 0 Å². The fourth-order valence-corrected chi connectivity index (χ4v) is 9.39. The van der Waals surface area contributed by atoms with Crippen molar-refractivity contribution in [2.24, 2.45) is 0 Å². The molecule has 0 fully saturated rings. The molecule has 0 spiro atoms. The highest BCUT2D eigenvalue weighted by Crippen LogP contribution is 2.47. The summed E-state index contributed by atoms with van der Waals surface area (Å²) in [6.07, 6.45) is 0. The van der Waals surface area contributed by atoms with Crippen molar-refractivity contribution >= 4 is 43.4 Å². The van der Waals surface area contributed by atoms with Gasteiger partial charge in [-0.1, -0.05) is 146 Å². The Kier molecular flexibility index (Phi) is 8.16. The van der Waals surface area contributed by atoms with Gasteiger partial charge >= 0.3 is 0 Å². The third-order valence-electron chi connectivity index (χ3n) is 12.1. The van der Waals surface area contributed by atoms with Gasteiger partial charge in [0.2, 0.25) is 0 Å². The number of hydrogen-bond donors (Lipinski definition) is 0. The van der Waals surface area contributed by atoms with Crippen molar-refractivity contribution in [1.29, 1.82) is 0 Å². The summed E-state index contributed by atoms with van der Waals surface area (Å²) in [6, 6.07) is 54.9. The Bertz CT molecular complexity index is 3250. The van der Waals surface area contributed by atoms with Crippen molar-refractivity contribution in [1.82, 2.24) is 14.5 Å². The van der Waals surface area contributed by atoms with Crippen molar-refractivity contribution in [3.05, 3.63) is 185 Å². The number of nitrogens with zero attached hydrogens (tertiary/aromatic N) is 3. The molecule has 2 heterocycles. The highest BCUT2D eigenvalue weighted by molar-refractivity contribution is 6.26. The van der Waals surface area contributed by atoms with E-state index in [0.717, 1.165) is 45.1 Å². The molecule has 0 atom stereocenters. The van der Waals surface area contributed by atoms with Crippen LogP contribution < -0.4 is 0 Å². The summed E-state index contributed by atoms with van der Waals surface area (Å²) in [5.74, 6) is 0.830. The second-order valence-electron chi connectivity index (χ2n) is 15.5. The lowest BCUT2D eigenvalue weighted by atomic mass is 9.87. The summed E-state index contributed by atoms with van der Waals surface area (Å²) in [5.41, 5.74) is 18.1. The Hall–Kier alpha value is -6.84. The van der Waals surface area contributed by atoms with Gasteiger partial charge in [0.25, 0.3) is 0 Å². The van der Waals surface area contributed by atoms with Crippen LogP contribution in [0.5, 0.6) is 0 Å². The Morgan fingerprint density at radius 3 is 1.74 bits per heavy atom. The molecule has 0 radical (unpaired) electrons. The molecular weight excluding hydrogens is 691 g/mol. The molecule has 0 aliphatic heterocycles. The van der Waals surface area contributed by atoms with Crippen LogP contribution in [0, 0.1) is 41.5 Å². The van der Waals surface area contributed by atoms with Gasteiger partial charge in [-0.3, -0.25) is 4.57 Å². The van der Waals surface area contributed by atoms with E-state index in [2.05, 4.69) is 198 Å². The van der Waals surface area contributed by atoms with Crippen LogP contribution in [-0.4, -0.2) is 14.5 Å². The van der Waals surface area contributed by atoms with Crippen LogP contribution in [-0.2, 0) is 0 Å². The number of aryl methyl sites for hydroxylation is 6. The van der Waals surface area contributed by atoms with Gasteiger partial charge in [0.15, 0.2) is 5.82 Å². The van der Waals surface area contributed by atoms with Crippen molar-refractivity contribution in [2.45, 2.75) is 41.5 Å². The van der Waals surface area contributed by atoms with E-state index in [-0.39, 0.29) is 0 Å². The predicted molar refractivity (Wildman–Crippen MR) is 242 cm³/mol. The van der Waals surface area contributed by atoms with E-state index >= 15 is 0 Å². The fourth-order valence-electron chi connectivity index (χ4n) is 9.39. The van der Waals surface area contributed by atoms with E-state index < -0.39 is 0 Å². The lowest BCUT2D eigenvalue weighted by Crippen LogP contribution is -2.08. The van der Waals surface area contributed by atoms with Crippen LogP contribution in [0.3, 0.4) is 0 Å². The van der Waals surface area contributed by atoms with Crippen molar-refractivity contribution < 1.29 is 0 Å². The first-order valence-electron chi connectivity index (χ1n) is 19.9. The Labute approximate surface area is 333 Å². The standard InChI is InChI=1S/C54H43N3/c1-32-18-7-10-22-39(32)48-34(3)20-17-28-46(48)52-54(55-37(6)51(56-52)40-23-11-8-19-33(40)2)57-47-29-16-15-27-45(47)50-44-26-14-13-25-43(44)49(36(5)53(50)57)42-31-30-38-21-9-12-24-41(38)35(42)4/h7-31H,1-6H3. The zero-order chi connectivity index (χ0) is 38.9. The quantitative estimate of drug-likeness (QED) is 0.176. The Balaban J connectivity index is 1.39. The van der Waals surface area contributed by atoms with Crippen LogP contribution in [0.1, 0.15) is 33.5 Å². The molecule has 3 heteroatoms. The second-order valence-corrected chi connectivity index (χ2v) is 15.5. The van der Waals surface area contributed by atoms with Crippen LogP contribution in [0.4, 0.5) is 0 Å². The van der Waals surface area contributed by atoms with E-state index in [4.69, 9.17) is 9.97 Å². The molecular formula is C54H43N3. The summed E-state index contributed by atoms with van der Waals surface area (Å²) >= 11 is 0. The average molecular weight is 734 g/mol. The summed E-state index contributed by atoms with van der Waals surface area (Å²) in [7, 11) is 0. The molecule has 0 aliphatic rings. The zero-order valence-electron chi connectivity index (χ0n) is 33.3. The first-order chi connectivity index (χ1) is 27.8. The van der Waals surface area contributed by atoms with Gasteiger partial charge in [0.1, 0.15) is 5.69 Å². The number of rotatable bonds is 5. The monoisotopic (exact) mass is 733 g/mol. The highest BCUT2D eigenvalue weighted by atomic mass is 15.1. The summed E-state index contributed by atoms with van der Waals surface area (Å²) in [5, 5.41) is 7.44. The van der Waals surface area contributed by atoms with Gasteiger partial charge in [0.05, 0.1) is 22.4 Å². The van der Waals surface area contributed by atoms with E-state index in [1.54, 1.807) is 0 Å². The molecule has 2 aromatic heterocycles. The molecule has 0 saturated carbocycles. The third kappa shape index (κ3) is 5.33. The lowest BCUT2D eigenvalue weighted by molar-refractivity contribution is 1.01. The summed E-state index contributed by atoms with van der Waals surface area (Å²) < 4.78 is 2.42. The number of aromatic nitrogens is 3. The molecule has 0 bridgehead atoms. The van der Waals surface area contributed by atoms with Crippen LogP contribution in [0.2, 0.25) is 0 Å². The van der Waals surface area contributed by atoms with Gasteiger partial charge in [-0.15, -0.1) is 0 Å². The SMILES string of the molecule is Cc1ccccc1-c1nc(-c2cccc(C)c2-c2ccccc2C)c(-n2c3ccccc3c3c4ccccc4c(-c4ccc5ccccc5c4C)c(C)c32)nc1C. The first-order valence-corrected chi connectivity index (χ1v) is 19.9. The molecule has 10 aromatic rings. The zero-order valence-corrected chi connectivity index (χ0v) is 33.3. The minimum Gasteiger partial charge on any atom is -0.292 e. The van der Waals surface area contributed by atoms with E-state index in [9.17, 15) is 0 Å². The van der Waals surface area contributed by atoms with Crippen LogP contribution >= 0.6 is 0 Å². The summed E-state index contributed by atoms with van der Waals surface area (Å²) in [4.78, 5) is 11.4. The fraction of sp³-hybridized carbons (Fsp3) is 0.111. The van der Waals surface area contributed by atoms with Crippen LogP contribution in [0.15, 0.2) is 152 Å². The highest BCUT2D eigenvalue weighted by Gasteiger charge is 2.27. The molecule has 0 aliphatic carbocycles. The van der Waals surface area contributed by atoms with Gasteiger partial charge in [-0.05, 0) is 119 Å². The van der Waals surface area contributed by atoms with E-state index in [1.165, 1.54) is 82.4 Å². The van der Waals surface area contributed by atoms with Crippen molar-refractivity contribution in [3.63, 3.8) is 0 Å². The van der Waals surface area contributed by atoms with Crippen molar-refractivity contribution in [2.75, 3.05) is 0 Å². The summed E-state index contributed by atoms with van der Waals surface area (Å²) in [6.45, 7) is 13.3. The molecule has 10 rings (SSSR count). The molecule has 3 nitrogen and oxygen atoms in total. The van der Waals surface area contributed by atoms with E-state index in [1.807, 2.05) is 0 Å². The maximum atomic E-state index is 5.74. The maximum Gasteiger partial charge on any atom is 0.164 e. The number of hydrogen-bond acceptors (Lipinski definition) is 2. The minimum atomic E-state index is 0.830. The average Bonchev–Trinajstić information content (AvgIpc) is 3.58. The second kappa shape index (κ2) is 13.4. The third-order valence-corrected chi connectivity index (χ3v) is 12.1. The first kappa shape index (κ1) is 34.6. The molecule has 0 saturated heterocycles. The molecule has 0 N–H and O–H groups in total. The Morgan fingerprint density at radius 2 is 0.982 bits per heavy atom.